The molecule has 1 amide bonds. The summed E-state index contributed by atoms with van der Waals surface area (Å²) in [5.74, 6) is -2.55. The Morgan fingerprint density at radius 2 is 1.56 bits per heavy atom. The Morgan fingerprint density at radius 3 is 2.13 bits per heavy atom. The Morgan fingerprint density at radius 1 is 0.949 bits per heavy atom. The van der Waals surface area contributed by atoms with Crippen LogP contribution in [-0.2, 0) is 35.3 Å². The van der Waals surface area contributed by atoms with Gasteiger partial charge in [-0.2, -0.15) is 13.2 Å². The Balaban J connectivity index is 1.55. The van der Waals surface area contributed by atoms with Gasteiger partial charge in [-0.25, -0.2) is 13.1 Å². The molecule has 1 aliphatic carbocycles. The lowest BCUT2D eigenvalue weighted by Crippen LogP contribution is -2.42. The fourth-order valence-electron chi connectivity index (χ4n) is 4.24. The molecule has 3 N–H and O–H groups in total. The molecule has 0 unspecified atom stereocenters. The van der Waals surface area contributed by atoms with Gasteiger partial charge in [0, 0.05) is 12.0 Å². The Bertz CT molecular complexity index is 1240. The lowest BCUT2D eigenvalue weighted by Gasteiger charge is -2.29. The molecule has 0 spiro atoms. The predicted octanol–water partition coefficient (Wildman–Crippen LogP) is 3.81. The van der Waals surface area contributed by atoms with Crippen LogP contribution in [0, 0.1) is 5.92 Å². The van der Waals surface area contributed by atoms with Gasteiger partial charge in [0.25, 0.3) is 0 Å². The number of hydrogen-bond acceptors (Lipinski definition) is 6. The largest absolute Gasteiger partial charge is 0.481 e. The number of hydrogen-bond donors (Lipinski definition) is 3. The fraction of sp³-hybridized carbons (Fsp3) is 0.423. The van der Waals surface area contributed by atoms with Gasteiger partial charge in [0.05, 0.1) is 29.3 Å². The van der Waals surface area contributed by atoms with E-state index in [1.54, 1.807) is 30.3 Å². The van der Waals surface area contributed by atoms with Crippen molar-refractivity contribution in [2.24, 2.45) is 5.92 Å². The summed E-state index contributed by atoms with van der Waals surface area (Å²) >= 11 is 0. The van der Waals surface area contributed by atoms with Crippen LogP contribution in [0.5, 0.6) is 0 Å². The van der Waals surface area contributed by atoms with E-state index in [4.69, 9.17) is 9.84 Å². The summed E-state index contributed by atoms with van der Waals surface area (Å²) < 4.78 is 71.3. The number of carboxylic acids is 1. The third kappa shape index (κ3) is 9.06. The van der Waals surface area contributed by atoms with Crippen LogP contribution in [0.2, 0.25) is 0 Å². The van der Waals surface area contributed by atoms with E-state index in [-0.39, 0.29) is 30.3 Å². The maximum atomic E-state index is 13.0. The van der Waals surface area contributed by atoms with E-state index >= 15 is 0 Å². The molecule has 0 bridgehead atoms. The van der Waals surface area contributed by atoms with Crippen molar-refractivity contribution in [3.05, 3.63) is 65.7 Å². The fourth-order valence-corrected chi connectivity index (χ4v) is 5.54. The maximum absolute atomic E-state index is 13.0. The van der Waals surface area contributed by atoms with Crippen LogP contribution in [0.25, 0.3) is 0 Å². The number of alkyl halides is 3. The summed E-state index contributed by atoms with van der Waals surface area (Å²) in [4.78, 5) is 35.3. The van der Waals surface area contributed by atoms with Crippen molar-refractivity contribution >= 4 is 27.9 Å². The second-order valence-electron chi connectivity index (χ2n) is 9.24. The Kier molecular flexibility index (Phi) is 10.1. The van der Waals surface area contributed by atoms with Crippen molar-refractivity contribution in [2.75, 3.05) is 6.61 Å². The van der Waals surface area contributed by atoms with Crippen molar-refractivity contribution in [3.8, 4) is 0 Å². The standard InChI is InChI=1S/C26H29F3N2O7S/c27-26(28,29)19-8-12-21(13-9-19)39(36,37)31-20-10-6-18(7-11-20)25(35)30-22(17-4-2-1-3-5-17)16-38-24(34)15-14-23(32)33/h1-5,8-9,12-13,18,20,22,31H,6-7,10-11,14-16H2,(H,30,35)(H,32,33)/t18?,20?,22-/m0/s1. The van der Waals surface area contributed by atoms with Crippen molar-refractivity contribution in [1.29, 1.82) is 0 Å². The second kappa shape index (κ2) is 13.1. The van der Waals surface area contributed by atoms with E-state index in [0.717, 1.165) is 12.1 Å². The summed E-state index contributed by atoms with van der Waals surface area (Å²) in [5.41, 5.74) is -0.258. The number of carbonyl (C=O) groups excluding carboxylic acids is 2. The molecule has 2 aromatic rings. The zero-order valence-electron chi connectivity index (χ0n) is 20.8. The SMILES string of the molecule is O=C(O)CCC(=O)OC[C@H](NC(=O)C1CCC(NS(=O)(=O)c2ccc(C(F)(F)F)cc2)CC1)c1ccccc1. The molecule has 39 heavy (non-hydrogen) atoms. The summed E-state index contributed by atoms with van der Waals surface area (Å²) in [7, 11) is -4.04. The van der Waals surface area contributed by atoms with Crippen molar-refractivity contribution < 1.29 is 45.8 Å². The number of carbonyl (C=O) groups is 3. The summed E-state index contributed by atoms with van der Waals surface area (Å²) in [6, 6.07) is 10.9. The highest BCUT2D eigenvalue weighted by molar-refractivity contribution is 7.89. The van der Waals surface area contributed by atoms with Crippen LogP contribution >= 0.6 is 0 Å². The molecule has 0 radical (unpaired) electrons. The maximum Gasteiger partial charge on any atom is 0.416 e. The zero-order chi connectivity index (χ0) is 28.6. The molecule has 0 aliphatic heterocycles. The Labute approximate surface area is 223 Å². The first-order valence-electron chi connectivity index (χ1n) is 12.3. The predicted molar refractivity (Wildman–Crippen MR) is 133 cm³/mol. The van der Waals surface area contributed by atoms with Crippen LogP contribution in [0.15, 0.2) is 59.5 Å². The molecule has 0 heterocycles. The van der Waals surface area contributed by atoms with Crippen LogP contribution in [-0.4, -0.2) is 44.0 Å². The van der Waals surface area contributed by atoms with Crippen LogP contribution in [0.3, 0.4) is 0 Å². The molecule has 1 aliphatic rings. The Hall–Kier alpha value is -3.45. The number of amides is 1. The van der Waals surface area contributed by atoms with Gasteiger partial charge in [-0.1, -0.05) is 30.3 Å². The van der Waals surface area contributed by atoms with E-state index in [2.05, 4.69) is 10.0 Å². The van der Waals surface area contributed by atoms with Gasteiger partial charge >= 0.3 is 18.1 Å². The number of carboxylic acid groups (broad SMARTS) is 1. The number of aliphatic carboxylic acids is 1. The number of benzene rings is 2. The second-order valence-corrected chi connectivity index (χ2v) is 11.0. The molecule has 3 rings (SSSR count). The first-order valence-corrected chi connectivity index (χ1v) is 13.8. The van der Waals surface area contributed by atoms with Gasteiger partial charge in [-0.05, 0) is 55.5 Å². The molecule has 1 saturated carbocycles. The summed E-state index contributed by atoms with van der Waals surface area (Å²) in [5, 5.41) is 11.6. The quantitative estimate of drug-likeness (QED) is 0.349. The lowest BCUT2D eigenvalue weighted by atomic mass is 9.85. The van der Waals surface area contributed by atoms with Crippen molar-refractivity contribution in [2.45, 2.75) is 61.7 Å². The summed E-state index contributed by atoms with van der Waals surface area (Å²) in [6.45, 7) is -0.184. The minimum Gasteiger partial charge on any atom is -0.481 e. The van der Waals surface area contributed by atoms with Crippen molar-refractivity contribution in [3.63, 3.8) is 0 Å². The number of sulfonamides is 1. The number of ether oxygens (including phenoxy) is 1. The zero-order valence-corrected chi connectivity index (χ0v) is 21.6. The molecule has 13 heteroatoms. The first kappa shape index (κ1) is 30.1. The van der Waals surface area contributed by atoms with Gasteiger partial charge in [-0.3, -0.25) is 14.4 Å². The highest BCUT2D eigenvalue weighted by Crippen LogP contribution is 2.30. The molecule has 0 saturated heterocycles. The number of halogens is 3. The van der Waals surface area contributed by atoms with Crippen LogP contribution < -0.4 is 10.0 Å². The molecule has 2 aromatic carbocycles. The molecule has 1 atom stereocenters. The van der Waals surface area contributed by atoms with Crippen molar-refractivity contribution in [1.82, 2.24) is 10.0 Å². The van der Waals surface area contributed by atoms with E-state index < -0.39 is 51.7 Å². The monoisotopic (exact) mass is 570 g/mol. The normalized spacial score (nSPS) is 18.6. The molecular weight excluding hydrogens is 541 g/mol. The molecule has 212 valence electrons. The van der Waals surface area contributed by atoms with Crippen LogP contribution in [0.1, 0.15) is 55.7 Å². The third-order valence-electron chi connectivity index (χ3n) is 6.38. The average molecular weight is 571 g/mol. The van der Waals surface area contributed by atoms with Gasteiger partial charge in [0.2, 0.25) is 15.9 Å². The molecular formula is C26H29F3N2O7S. The topological polar surface area (TPSA) is 139 Å². The molecule has 0 aromatic heterocycles. The highest BCUT2D eigenvalue weighted by Gasteiger charge is 2.32. The average Bonchev–Trinajstić information content (AvgIpc) is 2.90. The van der Waals surface area contributed by atoms with E-state index in [9.17, 15) is 36.0 Å². The number of rotatable bonds is 11. The minimum atomic E-state index is -4.57. The first-order chi connectivity index (χ1) is 18.3. The smallest absolute Gasteiger partial charge is 0.416 e. The summed E-state index contributed by atoms with van der Waals surface area (Å²) in [6.07, 6.45) is -3.81. The number of nitrogens with one attached hydrogen (secondary N) is 2. The van der Waals surface area contributed by atoms with Gasteiger partial charge in [-0.15, -0.1) is 0 Å². The highest BCUT2D eigenvalue weighted by atomic mass is 32.2. The van der Waals surface area contributed by atoms with E-state index in [1.807, 2.05) is 0 Å². The van der Waals surface area contributed by atoms with E-state index in [0.29, 0.717) is 43.4 Å². The van der Waals surface area contributed by atoms with Gasteiger partial charge in [0.15, 0.2) is 0 Å². The molecule has 9 nitrogen and oxygen atoms in total. The van der Waals surface area contributed by atoms with E-state index in [1.165, 1.54) is 0 Å². The van der Waals surface area contributed by atoms with Gasteiger partial charge in [0.1, 0.15) is 6.61 Å². The third-order valence-corrected chi connectivity index (χ3v) is 7.92. The number of esters is 1. The lowest BCUT2D eigenvalue weighted by molar-refractivity contribution is -0.148. The minimum absolute atomic E-state index is 0.184. The van der Waals surface area contributed by atoms with Gasteiger partial charge < -0.3 is 15.2 Å². The van der Waals surface area contributed by atoms with Crippen LogP contribution in [0.4, 0.5) is 13.2 Å². The molecule has 1 fully saturated rings.